The van der Waals surface area contributed by atoms with Gasteiger partial charge in [-0.05, 0) is 126 Å². The van der Waals surface area contributed by atoms with E-state index >= 15 is 0 Å². The molecule has 504 valence electrons. The van der Waals surface area contributed by atoms with Gasteiger partial charge in [-0.2, -0.15) is 9.97 Å². The largest absolute Gasteiger partial charge is 0.455 e. The van der Waals surface area contributed by atoms with E-state index in [0.29, 0.717) is 17.6 Å². The Hall–Kier alpha value is -14.7. The van der Waals surface area contributed by atoms with Gasteiger partial charge in [0.1, 0.15) is 22.3 Å². The Balaban J connectivity index is 0.000000135. The Morgan fingerprint density at radius 1 is 0.194 bits per heavy atom. The smallest absolute Gasteiger partial charge is 0.238 e. The molecule has 10 heteroatoms. The van der Waals surface area contributed by atoms with Crippen LogP contribution in [-0.2, 0) is 0 Å². The molecular formula is C98H60N8O2. The van der Waals surface area contributed by atoms with Gasteiger partial charge in [0.25, 0.3) is 0 Å². The third kappa shape index (κ3) is 9.67. The molecule has 23 aromatic rings. The lowest BCUT2D eigenvalue weighted by Gasteiger charge is -2.13. The molecule has 23 rings (SSSR count). The van der Waals surface area contributed by atoms with Crippen molar-refractivity contribution in [1.29, 1.82) is 0 Å². The molecule has 10 nitrogen and oxygen atoms in total. The van der Waals surface area contributed by atoms with Crippen LogP contribution < -0.4 is 0 Å². The first-order chi connectivity index (χ1) is 53.6. The molecule has 0 bridgehead atoms. The van der Waals surface area contributed by atoms with Crippen LogP contribution in [0.15, 0.2) is 373 Å². The highest BCUT2D eigenvalue weighted by molar-refractivity contribution is 6.26. The van der Waals surface area contributed by atoms with Crippen LogP contribution in [0.5, 0.6) is 0 Å². The summed E-state index contributed by atoms with van der Waals surface area (Å²) in [5, 5.41) is 13.8. The summed E-state index contributed by atoms with van der Waals surface area (Å²) in [5.74, 6) is 1.84. The zero-order valence-corrected chi connectivity index (χ0v) is 58.0. The highest BCUT2D eigenvalue weighted by Gasteiger charge is 2.24. The first-order valence-electron chi connectivity index (χ1n) is 36.4. The van der Waals surface area contributed by atoms with E-state index in [4.69, 9.17) is 28.8 Å². The fourth-order valence-corrected chi connectivity index (χ4v) is 16.6. The Morgan fingerprint density at radius 3 is 1.07 bits per heavy atom. The van der Waals surface area contributed by atoms with E-state index in [9.17, 15) is 0 Å². The molecule has 0 fully saturated rings. The van der Waals surface area contributed by atoms with Crippen molar-refractivity contribution in [3.8, 4) is 79.4 Å². The van der Waals surface area contributed by atoms with Crippen LogP contribution in [0.4, 0.5) is 0 Å². The third-order valence-electron chi connectivity index (χ3n) is 21.5. The number of para-hydroxylation sites is 6. The minimum atomic E-state index is 0.581. The molecule has 0 aliphatic heterocycles. The molecule has 8 aromatic heterocycles. The number of pyridine rings is 1. The molecule has 0 amide bonds. The quantitative estimate of drug-likeness (QED) is 0.143. The second-order valence-electron chi connectivity index (χ2n) is 27.6. The molecule has 0 aliphatic rings. The zero-order valence-electron chi connectivity index (χ0n) is 58.0. The van der Waals surface area contributed by atoms with E-state index in [1.54, 1.807) is 0 Å². The monoisotopic (exact) mass is 1380 g/mol. The predicted molar refractivity (Wildman–Crippen MR) is 443 cm³/mol. The highest BCUT2D eigenvalue weighted by Crippen LogP contribution is 2.45. The summed E-state index contributed by atoms with van der Waals surface area (Å²) in [6, 6.07) is 128. The summed E-state index contributed by atoms with van der Waals surface area (Å²) in [6.07, 6.45) is 0. The predicted octanol–water partition coefficient (Wildman–Crippen LogP) is 25.5. The summed E-state index contributed by atoms with van der Waals surface area (Å²) in [7, 11) is 0. The molecule has 15 aromatic carbocycles. The van der Waals surface area contributed by atoms with Gasteiger partial charge in [-0.15, -0.1) is 0 Å². The van der Waals surface area contributed by atoms with Gasteiger partial charge in [0.2, 0.25) is 5.95 Å². The van der Waals surface area contributed by atoms with Crippen molar-refractivity contribution in [2.45, 2.75) is 0 Å². The van der Waals surface area contributed by atoms with Crippen molar-refractivity contribution in [2.24, 2.45) is 0 Å². The van der Waals surface area contributed by atoms with Crippen LogP contribution >= 0.6 is 0 Å². The van der Waals surface area contributed by atoms with Crippen molar-refractivity contribution < 1.29 is 8.83 Å². The molecule has 0 radical (unpaired) electrons. The lowest BCUT2D eigenvalue weighted by Crippen LogP contribution is -2.06. The van der Waals surface area contributed by atoms with Crippen LogP contribution in [0.25, 0.3) is 211 Å². The first-order valence-corrected chi connectivity index (χ1v) is 36.4. The van der Waals surface area contributed by atoms with Gasteiger partial charge >= 0.3 is 0 Å². The second kappa shape index (κ2) is 24.5. The summed E-state index contributed by atoms with van der Waals surface area (Å²) < 4.78 is 22.4. The number of benzene rings is 15. The van der Waals surface area contributed by atoms with Crippen molar-refractivity contribution in [3.05, 3.63) is 364 Å². The van der Waals surface area contributed by atoms with Crippen molar-refractivity contribution in [1.82, 2.24) is 38.2 Å². The Bertz CT molecular complexity index is 7420. The molecule has 0 atom stereocenters. The van der Waals surface area contributed by atoms with Gasteiger partial charge < -0.3 is 22.5 Å². The minimum Gasteiger partial charge on any atom is -0.455 e. The average Bonchev–Trinajstić information content (AvgIpc) is 1.57. The minimum absolute atomic E-state index is 0.581. The van der Waals surface area contributed by atoms with E-state index in [0.717, 1.165) is 171 Å². The Labute approximate surface area is 617 Å². The summed E-state index contributed by atoms with van der Waals surface area (Å²) in [4.78, 5) is 20.3. The fraction of sp³-hybridized carbons (Fsp3) is 0. The Kier molecular flexibility index (Phi) is 13.8. The number of furan rings is 2. The van der Waals surface area contributed by atoms with E-state index < -0.39 is 0 Å². The summed E-state index contributed by atoms with van der Waals surface area (Å²) in [5.41, 5.74) is 24.1. The topological polar surface area (TPSA) is 97.6 Å². The maximum atomic E-state index is 6.56. The summed E-state index contributed by atoms with van der Waals surface area (Å²) >= 11 is 0. The van der Waals surface area contributed by atoms with Crippen molar-refractivity contribution >= 4 is 131 Å². The van der Waals surface area contributed by atoms with Crippen LogP contribution in [0.3, 0.4) is 0 Å². The molecule has 108 heavy (non-hydrogen) atoms. The second-order valence-corrected chi connectivity index (χ2v) is 27.6. The molecule has 8 heterocycles. The van der Waals surface area contributed by atoms with Gasteiger partial charge in [-0.25, -0.2) is 9.97 Å². The van der Waals surface area contributed by atoms with E-state index in [2.05, 4.69) is 291 Å². The summed E-state index contributed by atoms with van der Waals surface area (Å²) in [6.45, 7) is 0. The van der Waals surface area contributed by atoms with Gasteiger partial charge in [0, 0.05) is 87.5 Å². The molecule has 0 aliphatic carbocycles. The normalized spacial score (nSPS) is 11.9. The SMILES string of the molecule is c1ccc(-c2cc(-n3c4ccccc4c4cc(-n5c6ccccc6c6c7oc8ccccc8c7ccc65)ccc43)cc(-c3ccccc3)n2)cc1.c1ccc(-c2nc(-c3ccccc3)nc(-n3c4ccccc4c4cc(-c5ccc(-n6c7ccccc7c7c8oc9ccccc9c8ccc76)cc5)ccc43)n2)cc1. The molecule has 0 N–H and O–H groups in total. The molecule has 0 unspecified atom stereocenters. The molecular weight excluding hydrogens is 1320 g/mol. The lowest BCUT2D eigenvalue weighted by atomic mass is 10.0. The van der Waals surface area contributed by atoms with Crippen molar-refractivity contribution in [2.75, 3.05) is 0 Å². The molecule has 0 saturated carbocycles. The van der Waals surface area contributed by atoms with Gasteiger partial charge in [-0.3, -0.25) is 4.57 Å². The lowest BCUT2D eigenvalue weighted by molar-refractivity contribution is 0.672. The standard InChI is InChI=1S/C51H31N5O.C47H29N3O/c1-3-13-33(14-4-1)49-52-50(34-15-5-2-6-16-34)54-51(53-49)56-42-20-10-7-17-37(42)41-31-35(25-29-44(41)56)32-23-26-36(27-24-32)55-43-21-11-8-19-40(43)47-45(55)30-28-39-38-18-9-12-22-46(38)57-48(39)47;1-3-13-30(14-4-1)39-28-33(29-40(48-39)31-15-5-2-6-16-31)50-41-20-10-7-17-34(41)38-27-32(23-25-43(38)50)49-42-21-11-8-19-37(42)46-44(49)26-24-36-35-18-9-12-22-45(35)51-47(36)46/h1-31H;1-29H. The van der Waals surface area contributed by atoms with Crippen LogP contribution in [0.1, 0.15) is 0 Å². The van der Waals surface area contributed by atoms with E-state index in [-0.39, 0.29) is 0 Å². The number of rotatable bonds is 9. The number of aromatic nitrogens is 8. The highest BCUT2D eigenvalue weighted by atomic mass is 16.3. The van der Waals surface area contributed by atoms with E-state index in [1.807, 2.05) is 91.0 Å². The first kappa shape index (κ1) is 60.8. The van der Waals surface area contributed by atoms with Gasteiger partial charge in [-0.1, -0.05) is 249 Å². The van der Waals surface area contributed by atoms with Crippen LogP contribution in [0, 0.1) is 0 Å². The van der Waals surface area contributed by atoms with Crippen molar-refractivity contribution in [3.63, 3.8) is 0 Å². The maximum absolute atomic E-state index is 6.56. The van der Waals surface area contributed by atoms with E-state index in [1.165, 1.54) is 21.5 Å². The fourth-order valence-electron chi connectivity index (χ4n) is 16.6. The zero-order chi connectivity index (χ0) is 70.9. The molecule has 0 saturated heterocycles. The Morgan fingerprint density at radius 2 is 0.556 bits per heavy atom. The number of hydrogen-bond donors (Lipinski definition) is 0. The number of hydrogen-bond acceptors (Lipinski definition) is 6. The number of nitrogens with zero attached hydrogens (tertiary/aromatic N) is 8. The average molecular weight is 1380 g/mol. The van der Waals surface area contributed by atoms with Crippen LogP contribution in [-0.4, -0.2) is 38.2 Å². The third-order valence-corrected chi connectivity index (χ3v) is 21.5. The number of fused-ring (bicyclic) bond motifs is 20. The van der Waals surface area contributed by atoms with Crippen LogP contribution in [0.2, 0.25) is 0 Å². The van der Waals surface area contributed by atoms with Gasteiger partial charge in [0.05, 0.1) is 72.0 Å². The van der Waals surface area contributed by atoms with Gasteiger partial charge in [0.15, 0.2) is 11.6 Å². The maximum Gasteiger partial charge on any atom is 0.238 e. The molecule has 0 spiro atoms.